The fourth-order valence-electron chi connectivity index (χ4n) is 4.73. The number of rotatable bonds is 7. The van der Waals surface area contributed by atoms with E-state index in [1.807, 2.05) is 0 Å². The summed E-state index contributed by atoms with van der Waals surface area (Å²) in [5, 5.41) is 0. The molecule has 174 valence electrons. The second-order valence-corrected chi connectivity index (χ2v) is 8.86. The fraction of sp³-hybridized carbons (Fsp3) is 0.520. The first-order valence-corrected chi connectivity index (χ1v) is 11.5. The van der Waals surface area contributed by atoms with Crippen molar-refractivity contribution in [3.8, 4) is 5.75 Å². The molecule has 0 unspecified atom stereocenters. The van der Waals surface area contributed by atoms with Crippen LogP contribution in [0, 0.1) is 5.92 Å². The minimum absolute atomic E-state index is 0.172. The van der Waals surface area contributed by atoms with E-state index in [9.17, 15) is 13.2 Å². The first-order chi connectivity index (χ1) is 15.4. The van der Waals surface area contributed by atoms with Gasteiger partial charge >= 0.3 is 6.36 Å². The third kappa shape index (κ3) is 6.87. The SMILES string of the molecule is FC(F)(F)Oc1ccc(N2CCN(CCC3CCN(Cc4ccccc4)CC3)CC2)cc1. The zero-order valence-corrected chi connectivity index (χ0v) is 18.4. The molecule has 2 aromatic carbocycles. The lowest BCUT2D eigenvalue weighted by atomic mass is 9.93. The predicted octanol–water partition coefficient (Wildman–Crippen LogP) is 5.01. The maximum Gasteiger partial charge on any atom is 0.573 e. The summed E-state index contributed by atoms with van der Waals surface area (Å²) in [7, 11) is 0. The number of nitrogens with zero attached hydrogens (tertiary/aromatic N) is 3. The molecule has 2 aliphatic rings. The molecule has 0 amide bonds. The number of ether oxygens (including phenoxy) is 1. The first-order valence-electron chi connectivity index (χ1n) is 11.5. The molecule has 2 aliphatic heterocycles. The van der Waals surface area contributed by atoms with Crippen LogP contribution in [-0.4, -0.2) is 62.0 Å². The van der Waals surface area contributed by atoms with Crippen molar-refractivity contribution in [2.45, 2.75) is 32.2 Å². The topological polar surface area (TPSA) is 19.0 Å². The van der Waals surface area contributed by atoms with E-state index in [1.54, 1.807) is 12.1 Å². The Hall–Kier alpha value is -2.25. The maximum absolute atomic E-state index is 12.3. The van der Waals surface area contributed by atoms with Crippen molar-refractivity contribution in [2.75, 3.05) is 50.7 Å². The van der Waals surface area contributed by atoms with E-state index < -0.39 is 6.36 Å². The number of halogens is 3. The molecule has 2 aromatic rings. The Bertz CT molecular complexity index is 813. The van der Waals surface area contributed by atoms with Gasteiger partial charge in [0.1, 0.15) is 5.75 Å². The molecule has 4 nitrogen and oxygen atoms in total. The lowest BCUT2D eigenvalue weighted by Gasteiger charge is -2.37. The van der Waals surface area contributed by atoms with Crippen LogP contribution in [0.5, 0.6) is 5.75 Å². The monoisotopic (exact) mass is 447 g/mol. The molecule has 2 saturated heterocycles. The summed E-state index contributed by atoms with van der Waals surface area (Å²) in [6.45, 7) is 8.34. The van der Waals surface area contributed by atoms with Crippen molar-refractivity contribution in [1.29, 1.82) is 0 Å². The summed E-state index contributed by atoms with van der Waals surface area (Å²) in [6.07, 6.45) is -0.841. The third-order valence-electron chi connectivity index (χ3n) is 6.62. The number of benzene rings is 2. The molecule has 0 spiro atoms. The zero-order chi connectivity index (χ0) is 22.4. The largest absolute Gasteiger partial charge is 0.573 e. The van der Waals surface area contributed by atoms with E-state index in [0.29, 0.717) is 0 Å². The third-order valence-corrected chi connectivity index (χ3v) is 6.62. The van der Waals surface area contributed by atoms with E-state index in [2.05, 4.69) is 49.8 Å². The summed E-state index contributed by atoms with van der Waals surface area (Å²) in [5.74, 6) is 0.635. The van der Waals surface area contributed by atoms with Gasteiger partial charge in [-0.3, -0.25) is 9.80 Å². The Morgan fingerprint density at radius 2 is 1.44 bits per heavy atom. The summed E-state index contributed by atoms with van der Waals surface area (Å²) < 4.78 is 40.9. The number of hydrogen-bond acceptors (Lipinski definition) is 4. The maximum atomic E-state index is 12.3. The number of anilines is 1. The predicted molar refractivity (Wildman–Crippen MR) is 121 cm³/mol. The van der Waals surface area contributed by atoms with E-state index in [1.165, 1.54) is 50.0 Å². The minimum atomic E-state index is -4.65. The van der Waals surface area contributed by atoms with Gasteiger partial charge in [0.05, 0.1) is 0 Å². The smallest absolute Gasteiger partial charge is 0.406 e. The highest BCUT2D eigenvalue weighted by molar-refractivity contribution is 5.49. The van der Waals surface area contributed by atoms with Crippen LogP contribution >= 0.6 is 0 Å². The van der Waals surface area contributed by atoms with Gasteiger partial charge in [0, 0.05) is 38.4 Å². The van der Waals surface area contributed by atoms with Crippen molar-refractivity contribution in [3.63, 3.8) is 0 Å². The lowest BCUT2D eigenvalue weighted by molar-refractivity contribution is -0.274. The van der Waals surface area contributed by atoms with E-state index in [4.69, 9.17) is 0 Å². The van der Waals surface area contributed by atoms with Crippen LogP contribution in [-0.2, 0) is 6.54 Å². The molecule has 0 bridgehead atoms. The Kier molecular flexibility index (Phi) is 7.58. The van der Waals surface area contributed by atoms with Crippen molar-refractivity contribution in [3.05, 3.63) is 60.2 Å². The van der Waals surface area contributed by atoms with E-state index >= 15 is 0 Å². The molecule has 2 fully saturated rings. The highest BCUT2D eigenvalue weighted by atomic mass is 19.4. The van der Waals surface area contributed by atoms with Crippen LogP contribution < -0.4 is 9.64 Å². The van der Waals surface area contributed by atoms with Gasteiger partial charge in [0.25, 0.3) is 0 Å². The van der Waals surface area contributed by atoms with Gasteiger partial charge in [-0.25, -0.2) is 0 Å². The van der Waals surface area contributed by atoms with Crippen molar-refractivity contribution >= 4 is 5.69 Å². The molecule has 0 saturated carbocycles. The zero-order valence-electron chi connectivity index (χ0n) is 18.4. The second-order valence-electron chi connectivity index (χ2n) is 8.86. The standard InChI is InChI=1S/C25H32F3N3O/c26-25(27,28)32-24-8-6-23(7-9-24)31-18-16-29(17-19-31)13-10-21-11-14-30(15-12-21)20-22-4-2-1-3-5-22/h1-9,21H,10-20H2. The number of alkyl halides is 3. The Labute approximate surface area is 188 Å². The van der Waals surface area contributed by atoms with Crippen molar-refractivity contribution in [2.24, 2.45) is 5.92 Å². The molecule has 32 heavy (non-hydrogen) atoms. The molecular formula is C25H32F3N3O. The van der Waals surface area contributed by atoms with Crippen molar-refractivity contribution in [1.82, 2.24) is 9.80 Å². The normalized spacial score (nSPS) is 19.3. The first kappa shape index (κ1) is 22.9. The van der Waals surface area contributed by atoms with Gasteiger partial charge in [0.2, 0.25) is 0 Å². The fourth-order valence-corrected chi connectivity index (χ4v) is 4.73. The molecule has 0 aliphatic carbocycles. The summed E-state index contributed by atoms with van der Waals surface area (Å²) >= 11 is 0. The lowest BCUT2D eigenvalue weighted by Crippen LogP contribution is -2.47. The van der Waals surface area contributed by atoms with Crippen LogP contribution in [0.2, 0.25) is 0 Å². The van der Waals surface area contributed by atoms with Crippen LogP contribution in [0.25, 0.3) is 0 Å². The Morgan fingerprint density at radius 1 is 0.781 bits per heavy atom. The van der Waals surface area contributed by atoms with Crippen LogP contribution in [0.3, 0.4) is 0 Å². The second kappa shape index (κ2) is 10.6. The molecule has 2 heterocycles. The number of piperidine rings is 1. The Balaban J connectivity index is 1.14. The number of likely N-dealkylation sites (tertiary alicyclic amines) is 1. The number of hydrogen-bond donors (Lipinski definition) is 0. The highest BCUT2D eigenvalue weighted by Gasteiger charge is 2.31. The average molecular weight is 448 g/mol. The van der Waals surface area contributed by atoms with Gasteiger partial charge in [-0.1, -0.05) is 30.3 Å². The molecule has 0 aromatic heterocycles. The molecule has 0 atom stereocenters. The Morgan fingerprint density at radius 3 is 2.06 bits per heavy atom. The molecule has 0 radical (unpaired) electrons. The summed E-state index contributed by atoms with van der Waals surface area (Å²) in [6, 6.07) is 16.9. The molecular weight excluding hydrogens is 415 g/mol. The molecule has 4 rings (SSSR count). The van der Waals surface area contributed by atoms with Crippen LogP contribution in [0.15, 0.2) is 54.6 Å². The highest BCUT2D eigenvalue weighted by Crippen LogP contribution is 2.26. The number of piperazine rings is 1. The average Bonchev–Trinajstić information content (AvgIpc) is 2.79. The van der Waals surface area contributed by atoms with Gasteiger partial charge in [0.15, 0.2) is 0 Å². The molecule has 0 N–H and O–H groups in total. The van der Waals surface area contributed by atoms with Gasteiger partial charge in [-0.05, 0) is 74.6 Å². The quantitative estimate of drug-likeness (QED) is 0.594. The van der Waals surface area contributed by atoms with E-state index in [-0.39, 0.29) is 5.75 Å². The van der Waals surface area contributed by atoms with Crippen molar-refractivity contribution < 1.29 is 17.9 Å². The van der Waals surface area contributed by atoms with Gasteiger partial charge < -0.3 is 9.64 Å². The summed E-state index contributed by atoms with van der Waals surface area (Å²) in [5.41, 5.74) is 2.34. The van der Waals surface area contributed by atoms with Gasteiger partial charge in [-0.15, -0.1) is 13.2 Å². The molecule has 7 heteroatoms. The van der Waals surface area contributed by atoms with Gasteiger partial charge in [-0.2, -0.15) is 0 Å². The van der Waals surface area contributed by atoms with Crippen LogP contribution in [0.1, 0.15) is 24.8 Å². The van der Waals surface area contributed by atoms with Crippen LogP contribution in [0.4, 0.5) is 18.9 Å². The summed E-state index contributed by atoms with van der Waals surface area (Å²) in [4.78, 5) is 7.32. The minimum Gasteiger partial charge on any atom is -0.406 e. The van der Waals surface area contributed by atoms with E-state index in [0.717, 1.165) is 50.9 Å².